The molecule has 0 fully saturated rings. The Balaban J connectivity index is 5.02. The van der Waals surface area contributed by atoms with Crippen molar-refractivity contribution < 1.29 is 28.2 Å². The molecule has 0 saturated carbocycles. The van der Waals surface area contributed by atoms with E-state index >= 15 is 0 Å². The van der Waals surface area contributed by atoms with E-state index in [0.29, 0.717) is 0 Å². The summed E-state index contributed by atoms with van der Waals surface area (Å²) in [6.07, 6.45) is 0. The molecule has 0 aliphatic carbocycles. The van der Waals surface area contributed by atoms with Gasteiger partial charge in [0.05, 0.1) is 0 Å². The van der Waals surface area contributed by atoms with Gasteiger partial charge in [0.15, 0.2) is 15.1 Å². The zero-order chi connectivity index (χ0) is 11.5. The van der Waals surface area contributed by atoms with Gasteiger partial charge in [-0.25, -0.2) is 8.42 Å². The molecule has 0 aliphatic heterocycles. The van der Waals surface area contributed by atoms with Crippen LogP contribution in [-0.4, -0.2) is 41.6 Å². The number of carboxylic acid groups (broad SMARTS) is 2. The SMILES string of the molecule is CC(C)C(C(=O)O)S(=O)(=O)CC(=O)O. The summed E-state index contributed by atoms with van der Waals surface area (Å²) in [4.78, 5) is 20.8. The Labute approximate surface area is 81.5 Å². The molecule has 2 N–H and O–H groups in total. The molecule has 0 aromatic carbocycles. The van der Waals surface area contributed by atoms with Crippen molar-refractivity contribution in [3.63, 3.8) is 0 Å². The van der Waals surface area contributed by atoms with Gasteiger partial charge in [0.25, 0.3) is 0 Å². The second-order valence-corrected chi connectivity index (χ2v) is 5.33. The summed E-state index contributed by atoms with van der Waals surface area (Å²) in [5.74, 6) is -4.86. The number of sulfone groups is 1. The highest BCUT2D eigenvalue weighted by Gasteiger charge is 2.36. The van der Waals surface area contributed by atoms with Crippen LogP contribution in [0.4, 0.5) is 0 Å². The molecule has 0 radical (unpaired) electrons. The largest absolute Gasteiger partial charge is 0.480 e. The lowest BCUT2D eigenvalue weighted by Crippen LogP contribution is -2.38. The molecule has 0 heterocycles. The molecular weight excluding hydrogens is 212 g/mol. The van der Waals surface area contributed by atoms with Crippen LogP contribution < -0.4 is 0 Å². The molecule has 0 aromatic rings. The van der Waals surface area contributed by atoms with Crippen LogP contribution in [0.2, 0.25) is 0 Å². The average Bonchev–Trinajstić information content (AvgIpc) is 1.77. The van der Waals surface area contributed by atoms with Gasteiger partial charge in [-0.2, -0.15) is 0 Å². The molecule has 0 saturated heterocycles. The van der Waals surface area contributed by atoms with Crippen molar-refractivity contribution in [2.45, 2.75) is 19.1 Å². The molecule has 0 aliphatic rings. The Bertz CT molecular complexity index is 328. The number of rotatable bonds is 5. The Hall–Kier alpha value is -1.11. The Kier molecular flexibility index (Phi) is 4.06. The van der Waals surface area contributed by atoms with Gasteiger partial charge in [0, 0.05) is 0 Å². The molecule has 0 rings (SSSR count). The number of hydrogen-bond acceptors (Lipinski definition) is 4. The van der Waals surface area contributed by atoms with Crippen LogP contribution in [0.5, 0.6) is 0 Å². The second-order valence-electron chi connectivity index (χ2n) is 3.20. The molecule has 0 aromatic heterocycles. The van der Waals surface area contributed by atoms with E-state index in [9.17, 15) is 18.0 Å². The monoisotopic (exact) mass is 224 g/mol. The first kappa shape index (κ1) is 12.9. The lowest BCUT2D eigenvalue weighted by molar-refractivity contribution is -0.137. The van der Waals surface area contributed by atoms with Crippen molar-refractivity contribution in [1.82, 2.24) is 0 Å². The molecule has 7 heteroatoms. The van der Waals surface area contributed by atoms with E-state index in [1.165, 1.54) is 13.8 Å². The minimum absolute atomic E-state index is 0.656. The summed E-state index contributed by atoms with van der Waals surface area (Å²) in [7, 11) is -4.12. The highest BCUT2D eigenvalue weighted by molar-refractivity contribution is 7.93. The lowest BCUT2D eigenvalue weighted by Gasteiger charge is -2.15. The summed E-state index contributed by atoms with van der Waals surface area (Å²) < 4.78 is 22.5. The van der Waals surface area contributed by atoms with Crippen LogP contribution in [0.1, 0.15) is 13.8 Å². The van der Waals surface area contributed by atoms with Crippen LogP contribution in [0.25, 0.3) is 0 Å². The highest BCUT2D eigenvalue weighted by atomic mass is 32.2. The molecule has 0 spiro atoms. The Morgan fingerprint density at radius 2 is 1.64 bits per heavy atom. The normalized spacial score (nSPS) is 13.9. The fraction of sp³-hybridized carbons (Fsp3) is 0.714. The molecule has 0 bridgehead atoms. The molecule has 14 heavy (non-hydrogen) atoms. The molecule has 1 atom stereocenters. The van der Waals surface area contributed by atoms with Crippen molar-refractivity contribution >= 4 is 21.8 Å². The number of aliphatic carboxylic acids is 2. The smallest absolute Gasteiger partial charge is 0.322 e. The zero-order valence-electron chi connectivity index (χ0n) is 7.80. The topological polar surface area (TPSA) is 109 Å². The number of hydrogen-bond donors (Lipinski definition) is 2. The van der Waals surface area contributed by atoms with Gasteiger partial charge in [-0.1, -0.05) is 13.8 Å². The Morgan fingerprint density at radius 3 is 1.86 bits per heavy atom. The summed E-state index contributed by atoms with van der Waals surface area (Å²) in [6, 6.07) is 0. The fourth-order valence-corrected chi connectivity index (χ4v) is 2.78. The first-order chi connectivity index (χ1) is 6.18. The van der Waals surface area contributed by atoms with E-state index in [-0.39, 0.29) is 0 Å². The summed E-state index contributed by atoms with van der Waals surface area (Å²) in [5, 5.41) is 15.3. The standard InChI is InChI=1S/C7H12O6S/c1-4(2)6(7(10)11)14(12,13)3-5(8)9/h4,6H,3H2,1-2H3,(H,8,9)(H,10,11). The first-order valence-electron chi connectivity index (χ1n) is 3.84. The zero-order valence-corrected chi connectivity index (χ0v) is 8.61. The van der Waals surface area contributed by atoms with Crippen LogP contribution in [0, 0.1) is 5.92 Å². The van der Waals surface area contributed by atoms with Gasteiger partial charge >= 0.3 is 11.9 Å². The van der Waals surface area contributed by atoms with Crippen LogP contribution in [0.15, 0.2) is 0 Å². The number of carbonyl (C=O) groups is 2. The molecule has 82 valence electrons. The molecular formula is C7H12O6S. The third-order valence-corrected chi connectivity index (χ3v) is 3.73. The maximum Gasteiger partial charge on any atom is 0.322 e. The van der Waals surface area contributed by atoms with E-state index in [1.54, 1.807) is 0 Å². The van der Waals surface area contributed by atoms with Gasteiger partial charge in [-0.05, 0) is 5.92 Å². The second kappa shape index (κ2) is 4.41. The van der Waals surface area contributed by atoms with E-state index in [4.69, 9.17) is 10.2 Å². The van der Waals surface area contributed by atoms with Gasteiger partial charge in [0.1, 0.15) is 5.75 Å². The van der Waals surface area contributed by atoms with Crippen LogP contribution >= 0.6 is 0 Å². The third kappa shape index (κ3) is 3.33. The highest BCUT2D eigenvalue weighted by Crippen LogP contribution is 2.13. The Morgan fingerprint density at radius 1 is 1.21 bits per heavy atom. The lowest BCUT2D eigenvalue weighted by atomic mass is 10.1. The van der Waals surface area contributed by atoms with Crippen molar-refractivity contribution in [1.29, 1.82) is 0 Å². The quantitative estimate of drug-likeness (QED) is 0.657. The van der Waals surface area contributed by atoms with Gasteiger partial charge < -0.3 is 10.2 Å². The first-order valence-corrected chi connectivity index (χ1v) is 5.56. The summed E-state index contributed by atoms with van der Waals surface area (Å²) in [6.45, 7) is 2.83. The minimum Gasteiger partial charge on any atom is -0.480 e. The van der Waals surface area contributed by atoms with E-state index in [2.05, 4.69) is 0 Å². The van der Waals surface area contributed by atoms with Gasteiger partial charge in [-0.3, -0.25) is 9.59 Å². The fourth-order valence-electron chi connectivity index (χ4n) is 1.12. The maximum atomic E-state index is 11.3. The van der Waals surface area contributed by atoms with Crippen LogP contribution in [-0.2, 0) is 19.4 Å². The van der Waals surface area contributed by atoms with E-state index in [0.717, 1.165) is 0 Å². The summed E-state index contributed by atoms with van der Waals surface area (Å²) >= 11 is 0. The van der Waals surface area contributed by atoms with Crippen LogP contribution in [0.3, 0.4) is 0 Å². The minimum atomic E-state index is -4.12. The maximum absolute atomic E-state index is 11.3. The predicted molar refractivity (Wildman–Crippen MR) is 47.7 cm³/mol. The van der Waals surface area contributed by atoms with E-state index in [1.807, 2.05) is 0 Å². The summed E-state index contributed by atoms with van der Waals surface area (Å²) in [5.41, 5.74) is 0. The van der Waals surface area contributed by atoms with Crippen molar-refractivity contribution in [3.8, 4) is 0 Å². The van der Waals surface area contributed by atoms with Crippen molar-refractivity contribution in [2.24, 2.45) is 5.92 Å². The van der Waals surface area contributed by atoms with Crippen molar-refractivity contribution in [3.05, 3.63) is 0 Å². The average molecular weight is 224 g/mol. The van der Waals surface area contributed by atoms with Gasteiger partial charge in [0.2, 0.25) is 0 Å². The molecule has 6 nitrogen and oxygen atoms in total. The predicted octanol–water partition coefficient (Wildman–Crippen LogP) is -0.405. The number of carboxylic acids is 2. The van der Waals surface area contributed by atoms with E-state index < -0.39 is 38.7 Å². The third-order valence-electron chi connectivity index (χ3n) is 1.56. The van der Waals surface area contributed by atoms with Crippen molar-refractivity contribution in [2.75, 3.05) is 5.75 Å². The van der Waals surface area contributed by atoms with Gasteiger partial charge in [-0.15, -0.1) is 0 Å². The molecule has 0 amide bonds. The molecule has 1 unspecified atom stereocenters.